The summed E-state index contributed by atoms with van der Waals surface area (Å²) < 4.78 is 37.9. The van der Waals surface area contributed by atoms with Crippen LogP contribution in [-0.4, -0.2) is 91.9 Å². The molecule has 0 bridgehead atoms. The minimum Gasteiger partial charge on any atom is -0.460 e. The zero-order valence-corrected chi connectivity index (χ0v) is 21.4. The first-order valence-electron chi connectivity index (χ1n) is 12.6. The molecular weight excluding hydrogens is 452 g/mol. The van der Waals surface area contributed by atoms with Gasteiger partial charge in [0.05, 0.1) is 65.0 Å². The highest BCUT2D eigenvalue weighted by molar-refractivity contribution is 5.89. The summed E-state index contributed by atoms with van der Waals surface area (Å²) in [4.78, 5) is 11.9. The molecule has 0 heterocycles. The maximum absolute atomic E-state index is 11.9. The molecule has 1 aromatic rings. The average Bonchev–Trinajstić information content (AvgIpc) is 2.89. The maximum atomic E-state index is 11.9. The van der Waals surface area contributed by atoms with E-state index in [2.05, 4.69) is 13.5 Å². The Bertz CT molecular complexity index is 620. The Kier molecular flexibility index (Phi) is 21.3. The van der Waals surface area contributed by atoms with Crippen molar-refractivity contribution in [1.29, 1.82) is 0 Å². The summed E-state index contributed by atoms with van der Waals surface area (Å²) in [5, 5.41) is 0. The number of hydrogen-bond acceptors (Lipinski definition) is 8. The van der Waals surface area contributed by atoms with Crippen molar-refractivity contribution in [3.8, 4) is 0 Å². The van der Waals surface area contributed by atoms with Crippen molar-refractivity contribution in [2.24, 2.45) is 0 Å². The molecule has 1 aromatic carbocycles. The summed E-state index contributed by atoms with van der Waals surface area (Å²) in [7, 11) is 0. The second-order valence-corrected chi connectivity index (χ2v) is 7.70. The molecular formula is C27H44O8. The first-order valence-corrected chi connectivity index (χ1v) is 12.6. The fraction of sp³-hybridized carbons (Fsp3) is 0.667. The van der Waals surface area contributed by atoms with Crippen LogP contribution >= 0.6 is 0 Å². The molecule has 35 heavy (non-hydrogen) atoms. The van der Waals surface area contributed by atoms with Crippen molar-refractivity contribution in [2.75, 3.05) is 85.9 Å². The van der Waals surface area contributed by atoms with E-state index in [9.17, 15) is 4.79 Å². The molecule has 8 nitrogen and oxygen atoms in total. The topological polar surface area (TPSA) is 81.7 Å². The van der Waals surface area contributed by atoms with Crippen molar-refractivity contribution in [3.63, 3.8) is 0 Å². The normalized spacial score (nSPS) is 11.0. The zero-order chi connectivity index (χ0) is 25.2. The Balaban J connectivity index is 1.74. The molecule has 0 atom stereocenters. The molecule has 0 unspecified atom stereocenters. The van der Waals surface area contributed by atoms with Gasteiger partial charge >= 0.3 is 5.97 Å². The van der Waals surface area contributed by atoms with Gasteiger partial charge in [-0.3, -0.25) is 0 Å². The van der Waals surface area contributed by atoms with Gasteiger partial charge in [0.25, 0.3) is 0 Å². The van der Waals surface area contributed by atoms with Crippen molar-refractivity contribution in [2.45, 2.75) is 32.6 Å². The SMILES string of the molecule is C=Cc1ccc(C(=O)OCCOCCOCCOCCCCCOCCOCCOCCC)cc1. The highest BCUT2D eigenvalue weighted by Crippen LogP contribution is 2.06. The zero-order valence-electron chi connectivity index (χ0n) is 21.4. The van der Waals surface area contributed by atoms with Gasteiger partial charge in [0, 0.05) is 19.8 Å². The maximum Gasteiger partial charge on any atom is 0.338 e. The number of carbonyl (C=O) groups is 1. The molecule has 0 spiro atoms. The molecule has 0 saturated carbocycles. The van der Waals surface area contributed by atoms with Gasteiger partial charge in [-0.2, -0.15) is 0 Å². The van der Waals surface area contributed by atoms with Crippen LogP contribution in [0.2, 0.25) is 0 Å². The minimum absolute atomic E-state index is 0.207. The summed E-state index contributed by atoms with van der Waals surface area (Å²) in [6.45, 7) is 13.1. The van der Waals surface area contributed by atoms with Crippen LogP contribution in [0, 0.1) is 0 Å². The molecule has 0 N–H and O–H groups in total. The van der Waals surface area contributed by atoms with Crippen molar-refractivity contribution < 1.29 is 38.0 Å². The van der Waals surface area contributed by atoms with E-state index in [0.29, 0.717) is 65.0 Å². The quantitative estimate of drug-likeness (QED) is 0.147. The molecule has 0 saturated heterocycles. The molecule has 0 amide bonds. The third-order valence-corrected chi connectivity index (χ3v) is 4.76. The molecule has 0 aromatic heterocycles. The van der Waals surface area contributed by atoms with Gasteiger partial charge in [0.2, 0.25) is 0 Å². The van der Waals surface area contributed by atoms with Gasteiger partial charge in [-0.15, -0.1) is 0 Å². The predicted molar refractivity (Wildman–Crippen MR) is 136 cm³/mol. The molecule has 8 heteroatoms. The van der Waals surface area contributed by atoms with Crippen LogP contribution in [-0.2, 0) is 33.2 Å². The lowest BCUT2D eigenvalue weighted by molar-refractivity contribution is -0.000253. The summed E-state index contributed by atoms with van der Waals surface area (Å²) in [5.74, 6) is -0.362. The van der Waals surface area contributed by atoms with Gasteiger partial charge < -0.3 is 33.2 Å². The van der Waals surface area contributed by atoms with Gasteiger partial charge in [-0.05, 0) is 43.4 Å². The van der Waals surface area contributed by atoms with Gasteiger partial charge in [-0.25, -0.2) is 4.79 Å². The molecule has 1 rings (SSSR count). The largest absolute Gasteiger partial charge is 0.460 e. The van der Waals surface area contributed by atoms with Crippen LogP contribution in [0.3, 0.4) is 0 Å². The number of carbonyl (C=O) groups excluding carboxylic acids is 1. The van der Waals surface area contributed by atoms with Crippen LogP contribution in [0.15, 0.2) is 30.8 Å². The van der Waals surface area contributed by atoms with Gasteiger partial charge in [0.15, 0.2) is 0 Å². The standard InChI is InChI=1S/C27H44O8/c1-3-12-29-15-18-32-19-16-30-13-6-5-7-14-31-17-20-33-21-22-34-23-24-35-27(28)26-10-8-25(4-2)9-11-26/h4,8-11H,2-3,5-7,12-24H2,1H3. The summed E-state index contributed by atoms with van der Waals surface area (Å²) >= 11 is 0. The highest BCUT2D eigenvalue weighted by atomic mass is 16.6. The summed E-state index contributed by atoms with van der Waals surface area (Å²) in [5.41, 5.74) is 1.47. The van der Waals surface area contributed by atoms with Crippen molar-refractivity contribution in [1.82, 2.24) is 0 Å². The molecule has 0 radical (unpaired) electrons. The van der Waals surface area contributed by atoms with E-state index in [4.69, 9.17) is 33.2 Å². The number of hydrogen-bond donors (Lipinski definition) is 0. The van der Waals surface area contributed by atoms with Crippen LogP contribution in [0.1, 0.15) is 48.5 Å². The minimum atomic E-state index is -0.362. The fourth-order valence-corrected chi connectivity index (χ4v) is 2.85. The number of unbranched alkanes of at least 4 members (excludes halogenated alkanes) is 2. The van der Waals surface area contributed by atoms with E-state index in [1.165, 1.54) is 0 Å². The third kappa shape index (κ3) is 19.1. The predicted octanol–water partition coefficient (Wildman–Crippen LogP) is 4.17. The Morgan fingerprint density at radius 2 is 1.06 bits per heavy atom. The molecule has 0 aliphatic rings. The average molecular weight is 497 g/mol. The molecule has 0 aliphatic heterocycles. The second kappa shape index (κ2) is 23.9. The lowest BCUT2D eigenvalue weighted by Crippen LogP contribution is -2.14. The van der Waals surface area contributed by atoms with E-state index in [1.54, 1.807) is 18.2 Å². The van der Waals surface area contributed by atoms with Crippen LogP contribution < -0.4 is 0 Å². The molecule has 200 valence electrons. The Labute approximate surface area is 210 Å². The summed E-state index contributed by atoms with van der Waals surface area (Å²) in [6.07, 6.45) is 5.86. The van der Waals surface area contributed by atoms with E-state index >= 15 is 0 Å². The van der Waals surface area contributed by atoms with Gasteiger partial charge in [-0.1, -0.05) is 31.7 Å². The Morgan fingerprint density at radius 3 is 1.51 bits per heavy atom. The van der Waals surface area contributed by atoms with Crippen molar-refractivity contribution >= 4 is 12.0 Å². The number of benzene rings is 1. The third-order valence-electron chi connectivity index (χ3n) is 4.76. The van der Waals surface area contributed by atoms with E-state index in [1.807, 2.05) is 12.1 Å². The monoisotopic (exact) mass is 496 g/mol. The van der Waals surface area contributed by atoms with Crippen LogP contribution in [0.5, 0.6) is 0 Å². The second-order valence-electron chi connectivity index (χ2n) is 7.70. The lowest BCUT2D eigenvalue weighted by atomic mass is 10.1. The number of ether oxygens (including phenoxy) is 7. The van der Waals surface area contributed by atoms with Crippen LogP contribution in [0.25, 0.3) is 6.08 Å². The Hall–Kier alpha value is -1.81. The summed E-state index contributed by atoms with van der Waals surface area (Å²) in [6, 6.07) is 7.08. The Morgan fingerprint density at radius 1 is 0.629 bits per heavy atom. The fourth-order valence-electron chi connectivity index (χ4n) is 2.85. The lowest BCUT2D eigenvalue weighted by Gasteiger charge is -2.08. The number of esters is 1. The molecule has 0 aliphatic carbocycles. The smallest absolute Gasteiger partial charge is 0.338 e. The van der Waals surface area contributed by atoms with Gasteiger partial charge in [0.1, 0.15) is 6.61 Å². The first-order chi connectivity index (χ1) is 17.3. The molecule has 0 fully saturated rings. The van der Waals surface area contributed by atoms with E-state index in [0.717, 1.165) is 51.1 Å². The van der Waals surface area contributed by atoms with Crippen molar-refractivity contribution in [3.05, 3.63) is 42.0 Å². The van der Waals surface area contributed by atoms with E-state index < -0.39 is 0 Å². The highest BCUT2D eigenvalue weighted by Gasteiger charge is 2.06. The first kappa shape index (κ1) is 31.2. The van der Waals surface area contributed by atoms with Crippen LogP contribution in [0.4, 0.5) is 0 Å². The van der Waals surface area contributed by atoms with E-state index in [-0.39, 0.29) is 12.6 Å². The number of rotatable bonds is 25.